The fourth-order valence-corrected chi connectivity index (χ4v) is 1.86. The van der Waals surface area contributed by atoms with Crippen LogP contribution in [-0.2, 0) is 6.42 Å². The van der Waals surface area contributed by atoms with E-state index in [9.17, 15) is 4.79 Å². The molecule has 0 aliphatic rings. The van der Waals surface area contributed by atoms with Crippen molar-refractivity contribution in [3.63, 3.8) is 0 Å². The van der Waals surface area contributed by atoms with E-state index in [0.717, 1.165) is 12.0 Å². The Kier molecular flexibility index (Phi) is 4.21. The van der Waals surface area contributed by atoms with E-state index in [1.807, 2.05) is 25.3 Å². The van der Waals surface area contributed by atoms with Crippen molar-refractivity contribution in [1.82, 2.24) is 0 Å². The van der Waals surface area contributed by atoms with Crippen molar-refractivity contribution in [1.29, 1.82) is 0 Å². The van der Waals surface area contributed by atoms with Gasteiger partial charge in [0.25, 0.3) is 0 Å². The van der Waals surface area contributed by atoms with E-state index in [-0.39, 0.29) is 5.78 Å². The first-order valence-electron chi connectivity index (χ1n) is 4.92. The average Bonchev–Trinajstić information content (AvgIpc) is 2.27. The van der Waals surface area contributed by atoms with Crippen molar-refractivity contribution in [3.05, 3.63) is 29.3 Å². The number of carbonyl (C=O) groups is 1. The van der Waals surface area contributed by atoms with E-state index in [0.29, 0.717) is 6.42 Å². The monoisotopic (exact) mass is 208 g/mol. The number of aryl methyl sites for hydroxylation is 1. The van der Waals surface area contributed by atoms with Gasteiger partial charge < -0.3 is 0 Å². The third kappa shape index (κ3) is 2.61. The zero-order chi connectivity index (χ0) is 10.6. The molecular weight excluding hydrogens is 192 g/mol. The summed E-state index contributed by atoms with van der Waals surface area (Å²) in [5.74, 6) is 0.232. The maximum absolute atomic E-state index is 11.5. The third-order valence-electron chi connectivity index (χ3n) is 2.25. The lowest BCUT2D eigenvalue weighted by Gasteiger charge is -2.05. The molecule has 1 nitrogen and oxygen atoms in total. The first-order valence-corrected chi connectivity index (χ1v) is 6.14. The van der Waals surface area contributed by atoms with Gasteiger partial charge in [-0.25, -0.2) is 0 Å². The Morgan fingerprint density at radius 2 is 2.00 bits per heavy atom. The molecule has 0 saturated carbocycles. The molecule has 0 atom stereocenters. The predicted octanol–water partition coefficient (Wildman–Crippen LogP) is 3.56. The summed E-state index contributed by atoms with van der Waals surface area (Å²) < 4.78 is 0. The van der Waals surface area contributed by atoms with Gasteiger partial charge in [0.2, 0.25) is 0 Å². The lowest BCUT2D eigenvalue weighted by Crippen LogP contribution is -1.98. The Balaban J connectivity index is 3.10. The predicted molar refractivity (Wildman–Crippen MR) is 62.2 cm³/mol. The van der Waals surface area contributed by atoms with Crippen LogP contribution in [0.3, 0.4) is 0 Å². The summed E-state index contributed by atoms with van der Waals surface area (Å²) in [6.45, 7) is 4.01. The highest BCUT2D eigenvalue weighted by Gasteiger charge is 2.05. The van der Waals surface area contributed by atoms with E-state index in [1.54, 1.807) is 11.8 Å². The molecule has 1 aromatic rings. The van der Waals surface area contributed by atoms with Gasteiger partial charge in [-0.3, -0.25) is 4.79 Å². The quantitative estimate of drug-likeness (QED) is 0.556. The topological polar surface area (TPSA) is 17.1 Å². The molecule has 0 N–H and O–H groups in total. The summed E-state index contributed by atoms with van der Waals surface area (Å²) in [5, 5.41) is 0. The van der Waals surface area contributed by atoms with E-state index >= 15 is 0 Å². The Morgan fingerprint density at radius 1 is 1.29 bits per heavy atom. The largest absolute Gasteiger partial charge is 0.294 e. The minimum absolute atomic E-state index is 0.232. The van der Waals surface area contributed by atoms with Crippen LogP contribution < -0.4 is 0 Å². The van der Waals surface area contributed by atoms with E-state index in [1.165, 1.54) is 10.5 Å². The SMILES string of the molecule is CCC(=O)c1cc(CC)cc(SC)c1. The molecule has 1 aromatic carbocycles. The van der Waals surface area contributed by atoms with Gasteiger partial charge in [0, 0.05) is 16.9 Å². The van der Waals surface area contributed by atoms with Gasteiger partial charge in [0.1, 0.15) is 0 Å². The molecule has 0 bridgehead atoms. The van der Waals surface area contributed by atoms with Crippen LogP contribution in [0.2, 0.25) is 0 Å². The second-order valence-electron chi connectivity index (χ2n) is 3.20. The maximum atomic E-state index is 11.5. The molecule has 0 saturated heterocycles. The Hall–Kier alpha value is -0.760. The summed E-state index contributed by atoms with van der Waals surface area (Å²) in [6, 6.07) is 6.14. The number of hydrogen-bond donors (Lipinski definition) is 0. The zero-order valence-corrected chi connectivity index (χ0v) is 9.78. The smallest absolute Gasteiger partial charge is 0.162 e. The minimum Gasteiger partial charge on any atom is -0.294 e. The molecule has 0 fully saturated rings. The molecule has 0 amide bonds. The Labute approximate surface area is 89.9 Å². The second-order valence-corrected chi connectivity index (χ2v) is 4.08. The summed E-state index contributed by atoms with van der Waals surface area (Å²) in [5.41, 5.74) is 2.10. The number of ketones is 1. The summed E-state index contributed by atoms with van der Waals surface area (Å²) in [7, 11) is 0. The lowest BCUT2D eigenvalue weighted by molar-refractivity contribution is 0.0988. The minimum atomic E-state index is 0.232. The Bertz CT molecular complexity index is 309. The average molecular weight is 208 g/mol. The molecule has 0 unspecified atom stereocenters. The van der Waals surface area contributed by atoms with Gasteiger partial charge in [0.15, 0.2) is 5.78 Å². The van der Waals surface area contributed by atoms with Crippen LogP contribution >= 0.6 is 11.8 Å². The van der Waals surface area contributed by atoms with Crippen molar-refractivity contribution < 1.29 is 4.79 Å². The number of carbonyl (C=O) groups excluding carboxylic acids is 1. The first-order chi connectivity index (χ1) is 6.71. The maximum Gasteiger partial charge on any atom is 0.162 e. The Morgan fingerprint density at radius 3 is 2.50 bits per heavy atom. The molecule has 0 aliphatic carbocycles. The van der Waals surface area contributed by atoms with Gasteiger partial charge >= 0.3 is 0 Å². The van der Waals surface area contributed by atoms with Crippen molar-refractivity contribution in [3.8, 4) is 0 Å². The van der Waals surface area contributed by atoms with Crippen LogP contribution in [0, 0.1) is 0 Å². The highest BCUT2D eigenvalue weighted by molar-refractivity contribution is 7.98. The molecule has 0 heterocycles. The highest BCUT2D eigenvalue weighted by Crippen LogP contribution is 2.20. The first kappa shape index (κ1) is 11.3. The molecule has 2 heteroatoms. The van der Waals surface area contributed by atoms with Crippen molar-refractivity contribution >= 4 is 17.5 Å². The van der Waals surface area contributed by atoms with E-state index < -0.39 is 0 Å². The van der Waals surface area contributed by atoms with Crippen molar-refractivity contribution in [2.45, 2.75) is 31.6 Å². The molecule has 0 aromatic heterocycles. The molecular formula is C12H16OS. The van der Waals surface area contributed by atoms with Gasteiger partial charge in [-0.1, -0.05) is 13.8 Å². The normalized spacial score (nSPS) is 10.2. The summed E-state index contributed by atoms with van der Waals surface area (Å²) in [4.78, 5) is 12.7. The van der Waals surface area contributed by atoms with Crippen LogP contribution in [0.4, 0.5) is 0 Å². The van der Waals surface area contributed by atoms with Gasteiger partial charge in [-0.05, 0) is 36.4 Å². The summed E-state index contributed by atoms with van der Waals surface area (Å²) >= 11 is 1.69. The van der Waals surface area contributed by atoms with Gasteiger partial charge in [-0.2, -0.15) is 0 Å². The standard InChI is InChI=1S/C12H16OS/c1-4-9-6-10(12(13)5-2)8-11(7-9)14-3/h6-8H,4-5H2,1-3H3. The third-order valence-corrected chi connectivity index (χ3v) is 2.96. The zero-order valence-electron chi connectivity index (χ0n) is 8.96. The van der Waals surface area contributed by atoms with Crippen LogP contribution in [0.15, 0.2) is 23.1 Å². The highest BCUT2D eigenvalue weighted by atomic mass is 32.2. The number of benzene rings is 1. The van der Waals surface area contributed by atoms with Crippen LogP contribution in [0.25, 0.3) is 0 Å². The van der Waals surface area contributed by atoms with E-state index in [2.05, 4.69) is 13.0 Å². The summed E-state index contributed by atoms with van der Waals surface area (Å²) in [6.07, 6.45) is 3.61. The van der Waals surface area contributed by atoms with Crippen molar-refractivity contribution in [2.75, 3.05) is 6.26 Å². The number of rotatable bonds is 4. The molecule has 14 heavy (non-hydrogen) atoms. The fraction of sp³-hybridized carbons (Fsp3) is 0.417. The molecule has 0 aliphatic heterocycles. The van der Waals surface area contributed by atoms with Gasteiger partial charge in [-0.15, -0.1) is 11.8 Å². The fourth-order valence-electron chi connectivity index (χ4n) is 1.35. The van der Waals surface area contributed by atoms with Crippen LogP contribution in [0.1, 0.15) is 36.2 Å². The molecule has 76 valence electrons. The second kappa shape index (κ2) is 5.20. The molecule has 0 spiro atoms. The van der Waals surface area contributed by atoms with Gasteiger partial charge in [0.05, 0.1) is 0 Å². The lowest BCUT2D eigenvalue weighted by atomic mass is 10.0. The van der Waals surface area contributed by atoms with Crippen molar-refractivity contribution in [2.24, 2.45) is 0 Å². The van der Waals surface area contributed by atoms with Crippen LogP contribution in [0.5, 0.6) is 0 Å². The molecule has 1 rings (SSSR count). The van der Waals surface area contributed by atoms with E-state index in [4.69, 9.17) is 0 Å². The van der Waals surface area contributed by atoms with Crippen LogP contribution in [-0.4, -0.2) is 12.0 Å². The number of thioether (sulfide) groups is 1. The number of Topliss-reactive ketones (excluding diaryl/α,β-unsaturated/α-hetero) is 1. The number of hydrogen-bond acceptors (Lipinski definition) is 2. The molecule has 0 radical (unpaired) electrons.